The quantitative estimate of drug-likeness (QED) is 0.890. The van der Waals surface area contributed by atoms with Crippen molar-refractivity contribution < 1.29 is 0 Å². The van der Waals surface area contributed by atoms with E-state index in [2.05, 4.69) is 81.4 Å². The molecule has 116 valence electrons. The maximum Gasteiger partial charge on any atom is 0.129 e. The summed E-state index contributed by atoms with van der Waals surface area (Å²) in [6.45, 7) is 7.63. The second kappa shape index (κ2) is 6.80. The third kappa shape index (κ3) is 3.68. The fourth-order valence-electron chi connectivity index (χ4n) is 3.09. The first kappa shape index (κ1) is 15.5. The molecular formula is C18H22BrN3. The van der Waals surface area contributed by atoms with Gasteiger partial charge in [0.2, 0.25) is 0 Å². The summed E-state index contributed by atoms with van der Waals surface area (Å²) in [7, 11) is 0. The molecule has 1 fully saturated rings. The number of anilines is 1. The Kier molecular flexibility index (Phi) is 4.79. The summed E-state index contributed by atoms with van der Waals surface area (Å²) < 4.78 is 1.03. The molecule has 1 aliphatic rings. The van der Waals surface area contributed by atoms with Crippen molar-refractivity contribution in [2.45, 2.75) is 26.4 Å². The maximum atomic E-state index is 4.51. The number of pyridine rings is 1. The summed E-state index contributed by atoms with van der Waals surface area (Å²) in [6.07, 6.45) is 1.86. The van der Waals surface area contributed by atoms with Crippen LogP contribution in [0.4, 0.5) is 5.82 Å². The summed E-state index contributed by atoms with van der Waals surface area (Å²) in [5, 5.41) is 3.63. The smallest absolute Gasteiger partial charge is 0.129 e. The average molecular weight is 360 g/mol. The van der Waals surface area contributed by atoms with Crippen molar-refractivity contribution in [3.05, 3.63) is 58.2 Å². The van der Waals surface area contributed by atoms with Gasteiger partial charge in [0.05, 0.1) is 0 Å². The largest absolute Gasteiger partial charge is 0.366 e. The van der Waals surface area contributed by atoms with Gasteiger partial charge < -0.3 is 5.32 Å². The Labute approximate surface area is 140 Å². The van der Waals surface area contributed by atoms with Crippen LogP contribution in [0.5, 0.6) is 0 Å². The van der Waals surface area contributed by atoms with Crippen LogP contribution in [0.2, 0.25) is 0 Å². The van der Waals surface area contributed by atoms with Crippen LogP contribution in [0.25, 0.3) is 0 Å². The number of halogens is 1. The lowest BCUT2D eigenvalue weighted by molar-refractivity contribution is 0.319. The van der Waals surface area contributed by atoms with Gasteiger partial charge in [-0.25, -0.2) is 4.98 Å². The predicted molar refractivity (Wildman–Crippen MR) is 95.0 cm³/mol. The zero-order chi connectivity index (χ0) is 15.5. The second-order valence-corrected chi connectivity index (χ2v) is 7.14. The molecule has 0 bridgehead atoms. The minimum Gasteiger partial charge on any atom is -0.366 e. The van der Waals surface area contributed by atoms with E-state index in [1.54, 1.807) is 0 Å². The van der Waals surface area contributed by atoms with Crippen molar-refractivity contribution >= 4 is 21.7 Å². The van der Waals surface area contributed by atoms with Gasteiger partial charge in [-0.15, -0.1) is 0 Å². The van der Waals surface area contributed by atoms with Gasteiger partial charge in [-0.1, -0.05) is 37.3 Å². The van der Waals surface area contributed by atoms with Crippen LogP contribution in [0.15, 0.2) is 47.1 Å². The molecule has 0 aliphatic carbocycles. The van der Waals surface area contributed by atoms with Crippen LogP contribution < -0.4 is 5.32 Å². The number of nitrogens with one attached hydrogen (secondary N) is 1. The number of nitrogens with zero attached hydrogens (tertiary/aromatic N) is 2. The first-order valence-corrected chi connectivity index (χ1v) is 8.56. The predicted octanol–water partition coefficient (Wildman–Crippen LogP) is 4.08. The highest BCUT2D eigenvalue weighted by molar-refractivity contribution is 9.10. The van der Waals surface area contributed by atoms with Gasteiger partial charge in [0, 0.05) is 36.3 Å². The normalized spacial score (nSPS) is 22.0. The highest BCUT2D eigenvalue weighted by Gasteiger charge is 2.29. The third-order valence-corrected chi connectivity index (χ3v) is 4.74. The Morgan fingerprint density at radius 3 is 2.77 bits per heavy atom. The Hall–Kier alpha value is -1.39. The molecule has 2 unspecified atom stereocenters. The van der Waals surface area contributed by atoms with E-state index in [9.17, 15) is 0 Å². The number of hydrogen-bond acceptors (Lipinski definition) is 3. The Morgan fingerprint density at radius 1 is 1.27 bits per heavy atom. The van der Waals surface area contributed by atoms with Crippen LogP contribution in [0.3, 0.4) is 0 Å². The third-order valence-electron chi connectivity index (χ3n) is 4.30. The van der Waals surface area contributed by atoms with Crippen LogP contribution >= 0.6 is 15.9 Å². The number of aryl methyl sites for hydroxylation is 1. The molecule has 3 rings (SSSR count). The van der Waals surface area contributed by atoms with Gasteiger partial charge >= 0.3 is 0 Å². The van der Waals surface area contributed by atoms with Crippen LogP contribution in [0.1, 0.15) is 18.1 Å². The molecule has 1 saturated heterocycles. The van der Waals surface area contributed by atoms with Crippen molar-refractivity contribution in [3.8, 4) is 0 Å². The molecule has 1 aliphatic heterocycles. The highest BCUT2D eigenvalue weighted by Crippen LogP contribution is 2.24. The Bertz CT molecular complexity index is 629. The summed E-state index contributed by atoms with van der Waals surface area (Å²) in [6, 6.07) is 13.3. The van der Waals surface area contributed by atoms with E-state index in [-0.39, 0.29) is 0 Å². The zero-order valence-electron chi connectivity index (χ0n) is 13.1. The average Bonchev–Trinajstić information content (AvgIpc) is 2.83. The number of aromatic nitrogens is 1. The molecule has 22 heavy (non-hydrogen) atoms. The van der Waals surface area contributed by atoms with Gasteiger partial charge in [0.15, 0.2) is 0 Å². The van der Waals surface area contributed by atoms with Gasteiger partial charge in [-0.2, -0.15) is 0 Å². The molecule has 0 spiro atoms. The van der Waals surface area contributed by atoms with E-state index >= 15 is 0 Å². The van der Waals surface area contributed by atoms with Gasteiger partial charge in [0.1, 0.15) is 5.82 Å². The molecule has 2 atom stereocenters. The monoisotopic (exact) mass is 359 g/mol. The van der Waals surface area contributed by atoms with E-state index in [0.717, 1.165) is 29.9 Å². The summed E-state index contributed by atoms with van der Waals surface area (Å²) in [5.41, 5.74) is 2.57. The molecule has 0 radical (unpaired) electrons. The van der Waals surface area contributed by atoms with Crippen LogP contribution in [-0.4, -0.2) is 29.0 Å². The SMILES string of the molecule is Cc1cc(Br)cnc1NC1CN(Cc2ccccc2)CC1C. The van der Waals surface area contributed by atoms with Crippen LogP contribution in [0, 0.1) is 12.8 Å². The van der Waals surface area contributed by atoms with Crippen LogP contribution in [-0.2, 0) is 6.54 Å². The minimum absolute atomic E-state index is 0.455. The topological polar surface area (TPSA) is 28.2 Å². The lowest BCUT2D eigenvalue weighted by Crippen LogP contribution is -2.28. The Balaban J connectivity index is 1.63. The van der Waals surface area contributed by atoms with E-state index in [0.29, 0.717) is 12.0 Å². The van der Waals surface area contributed by atoms with Crippen molar-refractivity contribution in [2.24, 2.45) is 5.92 Å². The molecule has 3 nitrogen and oxygen atoms in total. The second-order valence-electron chi connectivity index (χ2n) is 6.23. The molecule has 1 aromatic heterocycles. The highest BCUT2D eigenvalue weighted by atomic mass is 79.9. The molecule has 2 aromatic rings. The standard InChI is InChI=1S/C18H22BrN3/c1-13-8-16(19)9-20-18(13)21-17-12-22(10-14(17)2)11-15-6-4-3-5-7-15/h3-9,14,17H,10-12H2,1-2H3,(H,20,21). The molecular weight excluding hydrogens is 338 g/mol. The van der Waals surface area contributed by atoms with E-state index in [1.165, 1.54) is 11.1 Å². The Morgan fingerprint density at radius 2 is 2.05 bits per heavy atom. The fourth-order valence-corrected chi connectivity index (χ4v) is 3.54. The van der Waals surface area contributed by atoms with Gasteiger partial charge in [-0.05, 0) is 46.0 Å². The van der Waals surface area contributed by atoms with Gasteiger partial charge in [0.25, 0.3) is 0 Å². The number of benzene rings is 1. The van der Waals surface area contributed by atoms with Crippen molar-refractivity contribution in [2.75, 3.05) is 18.4 Å². The zero-order valence-corrected chi connectivity index (χ0v) is 14.7. The van der Waals surface area contributed by atoms with E-state index in [4.69, 9.17) is 0 Å². The lowest BCUT2D eigenvalue weighted by atomic mass is 10.1. The lowest BCUT2D eigenvalue weighted by Gasteiger charge is -2.19. The number of rotatable bonds is 4. The molecule has 1 N–H and O–H groups in total. The molecule has 4 heteroatoms. The summed E-state index contributed by atoms with van der Waals surface area (Å²) in [4.78, 5) is 7.03. The van der Waals surface area contributed by atoms with Crippen molar-refractivity contribution in [3.63, 3.8) is 0 Å². The molecule has 0 saturated carbocycles. The molecule has 2 heterocycles. The van der Waals surface area contributed by atoms with Crippen molar-refractivity contribution in [1.82, 2.24) is 9.88 Å². The molecule has 0 amide bonds. The van der Waals surface area contributed by atoms with E-state index < -0.39 is 0 Å². The maximum absolute atomic E-state index is 4.51. The first-order chi connectivity index (χ1) is 10.6. The van der Waals surface area contributed by atoms with Crippen molar-refractivity contribution in [1.29, 1.82) is 0 Å². The minimum atomic E-state index is 0.455. The van der Waals surface area contributed by atoms with E-state index in [1.807, 2.05) is 6.20 Å². The summed E-state index contributed by atoms with van der Waals surface area (Å²) in [5.74, 6) is 1.62. The fraction of sp³-hybridized carbons (Fsp3) is 0.389. The number of likely N-dealkylation sites (tertiary alicyclic amines) is 1. The first-order valence-electron chi connectivity index (χ1n) is 7.77. The molecule has 1 aromatic carbocycles. The summed E-state index contributed by atoms with van der Waals surface area (Å²) >= 11 is 3.47. The van der Waals surface area contributed by atoms with Gasteiger partial charge in [-0.3, -0.25) is 4.90 Å². The number of hydrogen-bond donors (Lipinski definition) is 1.